The van der Waals surface area contributed by atoms with Gasteiger partial charge in [-0.05, 0) is 73.0 Å². The Labute approximate surface area is 214 Å². The number of hydrogen-bond acceptors (Lipinski definition) is 7. The van der Waals surface area contributed by atoms with Gasteiger partial charge in [0.15, 0.2) is 11.5 Å². The SMILES string of the molecule is COc1cc(/C=C2\C(=O)NC(=O)N(Cc3ccco3)C2=O)ccc1OCCCOc1ccc(C)c(C)c1. The van der Waals surface area contributed by atoms with Crippen molar-refractivity contribution in [1.29, 1.82) is 0 Å². The summed E-state index contributed by atoms with van der Waals surface area (Å²) in [6.07, 6.45) is 3.51. The highest BCUT2D eigenvalue weighted by Crippen LogP contribution is 2.30. The summed E-state index contributed by atoms with van der Waals surface area (Å²) in [5.41, 5.74) is 2.76. The number of hydrogen-bond donors (Lipinski definition) is 1. The zero-order valence-corrected chi connectivity index (χ0v) is 20.9. The van der Waals surface area contributed by atoms with Crippen molar-refractivity contribution in [3.05, 3.63) is 82.8 Å². The molecule has 1 aromatic heterocycles. The molecule has 0 atom stereocenters. The van der Waals surface area contributed by atoms with Crippen LogP contribution in [0.1, 0.15) is 28.9 Å². The molecule has 1 aliphatic rings. The molecule has 37 heavy (non-hydrogen) atoms. The molecule has 1 fully saturated rings. The van der Waals surface area contributed by atoms with E-state index in [0.29, 0.717) is 42.5 Å². The topological polar surface area (TPSA) is 107 Å². The zero-order valence-electron chi connectivity index (χ0n) is 20.9. The summed E-state index contributed by atoms with van der Waals surface area (Å²) in [5, 5.41) is 2.19. The van der Waals surface area contributed by atoms with Crippen LogP contribution in [0.4, 0.5) is 4.79 Å². The standard InChI is InChI=1S/C28H28N2O7/c1-18-7-9-21(14-19(18)2)35-12-5-13-37-24-10-8-20(16-25(24)34-3)15-23-26(31)29-28(33)30(27(23)32)17-22-6-4-11-36-22/h4,6-11,14-16H,5,12-13,17H2,1-3H3,(H,29,31,33)/b23-15+. The second-order valence-electron chi connectivity index (χ2n) is 8.49. The van der Waals surface area contributed by atoms with E-state index in [1.807, 2.05) is 25.1 Å². The van der Waals surface area contributed by atoms with E-state index in [4.69, 9.17) is 18.6 Å². The van der Waals surface area contributed by atoms with Crippen LogP contribution in [0, 0.1) is 13.8 Å². The molecular formula is C28H28N2O7. The second-order valence-corrected chi connectivity index (χ2v) is 8.49. The largest absolute Gasteiger partial charge is 0.493 e. The second kappa shape index (κ2) is 11.5. The van der Waals surface area contributed by atoms with E-state index in [-0.39, 0.29) is 12.1 Å². The van der Waals surface area contributed by atoms with Crippen molar-refractivity contribution >= 4 is 23.9 Å². The van der Waals surface area contributed by atoms with Gasteiger partial charge in [0.25, 0.3) is 11.8 Å². The number of amides is 4. The van der Waals surface area contributed by atoms with E-state index < -0.39 is 17.8 Å². The number of nitrogens with zero attached hydrogens (tertiary/aromatic N) is 1. The van der Waals surface area contributed by atoms with Gasteiger partial charge >= 0.3 is 6.03 Å². The summed E-state index contributed by atoms with van der Waals surface area (Å²) in [6, 6.07) is 13.5. The van der Waals surface area contributed by atoms with Crippen LogP contribution in [-0.4, -0.2) is 43.1 Å². The fraction of sp³-hybridized carbons (Fsp3) is 0.250. The predicted molar refractivity (Wildman–Crippen MR) is 135 cm³/mol. The van der Waals surface area contributed by atoms with E-state index in [0.717, 1.165) is 10.6 Å². The first kappa shape index (κ1) is 25.6. The van der Waals surface area contributed by atoms with Gasteiger partial charge < -0.3 is 18.6 Å². The fourth-order valence-corrected chi connectivity index (χ4v) is 3.69. The van der Waals surface area contributed by atoms with Crippen LogP contribution in [0.5, 0.6) is 17.2 Å². The van der Waals surface area contributed by atoms with E-state index in [2.05, 4.69) is 12.2 Å². The summed E-state index contributed by atoms with van der Waals surface area (Å²) in [6.45, 7) is 4.92. The molecule has 4 rings (SSSR count). The number of methoxy groups -OCH3 is 1. The first-order chi connectivity index (χ1) is 17.9. The van der Waals surface area contributed by atoms with Crippen molar-refractivity contribution in [1.82, 2.24) is 10.2 Å². The summed E-state index contributed by atoms with van der Waals surface area (Å²) in [5.74, 6) is 0.715. The van der Waals surface area contributed by atoms with Gasteiger partial charge in [0.2, 0.25) is 0 Å². The van der Waals surface area contributed by atoms with Crippen molar-refractivity contribution in [2.75, 3.05) is 20.3 Å². The van der Waals surface area contributed by atoms with E-state index in [9.17, 15) is 14.4 Å². The molecule has 0 radical (unpaired) electrons. The number of aryl methyl sites for hydroxylation is 2. The van der Waals surface area contributed by atoms with E-state index in [1.54, 1.807) is 30.3 Å². The number of imide groups is 2. The highest BCUT2D eigenvalue weighted by molar-refractivity contribution is 6.30. The van der Waals surface area contributed by atoms with Crippen molar-refractivity contribution in [2.24, 2.45) is 0 Å². The first-order valence-corrected chi connectivity index (χ1v) is 11.8. The van der Waals surface area contributed by atoms with Gasteiger partial charge in [0, 0.05) is 6.42 Å². The Balaban J connectivity index is 1.38. The fourth-order valence-electron chi connectivity index (χ4n) is 3.69. The van der Waals surface area contributed by atoms with Crippen LogP contribution in [0.2, 0.25) is 0 Å². The number of carbonyl (C=O) groups is 3. The predicted octanol–water partition coefficient (Wildman–Crippen LogP) is 4.41. The Bertz CT molecular complexity index is 1330. The normalized spacial score (nSPS) is 14.6. The highest BCUT2D eigenvalue weighted by Gasteiger charge is 2.36. The summed E-state index contributed by atoms with van der Waals surface area (Å²) >= 11 is 0. The van der Waals surface area contributed by atoms with Crippen molar-refractivity contribution in [2.45, 2.75) is 26.8 Å². The van der Waals surface area contributed by atoms with Gasteiger partial charge in [-0.1, -0.05) is 12.1 Å². The van der Waals surface area contributed by atoms with Crippen molar-refractivity contribution in [3.63, 3.8) is 0 Å². The monoisotopic (exact) mass is 504 g/mol. The molecule has 2 aromatic carbocycles. The zero-order chi connectivity index (χ0) is 26.4. The molecule has 9 heteroatoms. The third-order valence-corrected chi connectivity index (χ3v) is 5.87. The quantitative estimate of drug-likeness (QED) is 0.247. The number of rotatable bonds is 10. The molecule has 0 saturated carbocycles. The first-order valence-electron chi connectivity index (χ1n) is 11.8. The Morgan fingerprint density at radius 3 is 2.49 bits per heavy atom. The van der Waals surface area contributed by atoms with Crippen LogP contribution >= 0.6 is 0 Å². The lowest BCUT2D eigenvalue weighted by molar-refractivity contribution is -0.130. The molecule has 1 aliphatic heterocycles. The lowest BCUT2D eigenvalue weighted by atomic mass is 10.1. The molecule has 1 N–H and O–H groups in total. The minimum atomic E-state index is -0.800. The van der Waals surface area contributed by atoms with Crippen molar-refractivity contribution in [3.8, 4) is 17.2 Å². The van der Waals surface area contributed by atoms with Crippen molar-refractivity contribution < 1.29 is 33.0 Å². The number of urea groups is 1. The number of nitrogens with one attached hydrogen (secondary N) is 1. The molecule has 9 nitrogen and oxygen atoms in total. The molecule has 1 saturated heterocycles. The summed E-state index contributed by atoms with van der Waals surface area (Å²) in [7, 11) is 1.50. The molecule has 3 aromatic rings. The minimum Gasteiger partial charge on any atom is -0.493 e. The smallest absolute Gasteiger partial charge is 0.331 e. The van der Waals surface area contributed by atoms with Crippen LogP contribution in [0.15, 0.2) is 64.8 Å². The van der Waals surface area contributed by atoms with Gasteiger partial charge in [-0.15, -0.1) is 0 Å². The molecule has 0 spiro atoms. The van der Waals surface area contributed by atoms with Crippen LogP contribution in [0.25, 0.3) is 6.08 Å². The average Bonchev–Trinajstić information content (AvgIpc) is 3.40. The number of benzene rings is 2. The summed E-state index contributed by atoms with van der Waals surface area (Å²) < 4.78 is 22.3. The lowest BCUT2D eigenvalue weighted by Gasteiger charge is -2.25. The Kier molecular flexibility index (Phi) is 7.92. The van der Waals surface area contributed by atoms with E-state index >= 15 is 0 Å². The maximum absolute atomic E-state index is 12.9. The van der Waals surface area contributed by atoms with Gasteiger partial charge in [0.05, 0.1) is 33.1 Å². The molecule has 0 aliphatic carbocycles. The molecule has 0 bridgehead atoms. The number of ether oxygens (including phenoxy) is 3. The molecule has 192 valence electrons. The average molecular weight is 505 g/mol. The Morgan fingerprint density at radius 2 is 1.76 bits per heavy atom. The molecular weight excluding hydrogens is 476 g/mol. The Morgan fingerprint density at radius 1 is 0.946 bits per heavy atom. The summed E-state index contributed by atoms with van der Waals surface area (Å²) in [4.78, 5) is 38.4. The van der Waals surface area contributed by atoms with E-state index in [1.165, 1.54) is 30.6 Å². The van der Waals surface area contributed by atoms with Crippen LogP contribution in [0.3, 0.4) is 0 Å². The number of barbiturate groups is 1. The van der Waals surface area contributed by atoms with Crippen LogP contribution in [-0.2, 0) is 16.1 Å². The molecule has 4 amide bonds. The Hall–Kier alpha value is -4.53. The minimum absolute atomic E-state index is 0.0916. The highest BCUT2D eigenvalue weighted by atomic mass is 16.5. The molecule has 2 heterocycles. The maximum Gasteiger partial charge on any atom is 0.331 e. The van der Waals surface area contributed by atoms with Gasteiger partial charge in [-0.25, -0.2) is 4.79 Å². The molecule has 0 unspecified atom stereocenters. The van der Waals surface area contributed by atoms with Gasteiger partial charge in [0.1, 0.15) is 17.1 Å². The van der Waals surface area contributed by atoms with Gasteiger partial charge in [-0.3, -0.25) is 19.8 Å². The third-order valence-electron chi connectivity index (χ3n) is 5.87. The van der Waals surface area contributed by atoms with Crippen LogP contribution < -0.4 is 19.5 Å². The maximum atomic E-state index is 12.9. The van der Waals surface area contributed by atoms with Gasteiger partial charge in [-0.2, -0.15) is 0 Å². The number of furan rings is 1. The lowest BCUT2D eigenvalue weighted by Crippen LogP contribution is -2.53. The number of carbonyl (C=O) groups excluding carboxylic acids is 3. The third kappa shape index (κ3) is 6.19.